The van der Waals surface area contributed by atoms with Gasteiger partial charge in [0.05, 0.1) is 11.1 Å². The number of alkyl halides is 6. The predicted molar refractivity (Wildman–Crippen MR) is 110 cm³/mol. The van der Waals surface area contributed by atoms with Crippen LogP contribution in [0.1, 0.15) is 31.8 Å². The SMILES string of the molecule is O=C(Nc1ccc(Cl)cc1)c1ccc(NC(=O)c2cc(C(F)(F)F)cc(C(F)(F)F)c2)cc1. The lowest BCUT2D eigenvalue weighted by Crippen LogP contribution is -2.17. The minimum absolute atomic E-state index is 0.0639. The van der Waals surface area contributed by atoms with Gasteiger partial charge in [0.2, 0.25) is 0 Å². The third-order valence-electron chi connectivity index (χ3n) is 4.36. The Morgan fingerprint density at radius 1 is 0.606 bits per heavy atom. The Hall–Kier alpha value is -3.53. The highest BCUT2D eigenvalue weighted by molar-refractivity contribution is 6.30. The maximum atomic E-state index is 13.0. The molecule has 0 radical (unpaired) electrons. The first kappa shape index (κ1) is 24.1. The van der Waals surface area contributed by atoms with Crippen LogP contribution in [0.2, 0.25) is 5.02 Å². The average molecular weight is 487 g/mol. The molecule has 0 atom stereocenters. The number of hydrogen-bond donors (Lipinski definition) is 2. The average Bonchev–Trinajstić information content (AvgIpc) is 2.74. The summed E-state index contributed by atoms with van der Waals surface area (Å²) >= 11 is 5.77. The minimum atomic E-state index is -5.07. The molecule has 0 saturated heterocycles. The van der Waals surface area contributed by atoms with E-state index in [0.29, 0.717) is 22.8 Å². The van der Waals surface area contributed by atoms with Crippen molar-refractivity contribution in [2.45, 2.75) is 12.4 Å². The van der Waals surface area contributed by atoms with Crippen LogP contribution in [-0.4, -0.2) is 11.8 Å². The molecule has 0 fully saturated rings. The van der Waals surface area contributed by atoms with Crippen molar-refractivity contribution in [3.8, 4) is 0 Å². The Kier molecular flexibility index (Phi) is 6.68. The first-order valence-electron chi connectivity index (χ1n) is 9.11. The molecular formula is C22H13ClF6N2O2. The second kappa shape index (κ2) is 9.14. The summed E-state index contributed by atoms with van der Waals surface area (Å²) in [5.41, 5.74) is -3.28. The van der Waals surface area contributed by atoms with Crippen LogP contribution in [0.3, 0.4) is 0 Å². The van der Waals surface area contributed by atoms with Gasteiger partial charge in [-0.3, -0.25) is 9.59 Å². The minimum Gasteiger partial charge on any atom is -0.322 e. The van der Waals surface area contributed by atoms with Gasteiger partial charge in [0.25, 0.3) is 11.8 Å². The third-order valence-corrected chi connectivity index (χ3v) is 4.61. The van der Waals surface area contributed by atoms with Gasteiger partial charge in [-0.25, -0.2) is 0 Å². The maximum absolute atomic E-state index is 13.0. The Bertz CT molecular complexity index is 1140. The summed E-state index contributed by atoms with van der Waals surface area (Å²) < 4.78 is 77.9. The van der Waals surface area contributed by atoms with Crippen molar-refractivity contribution in [2.24, 2.45) is 0 Å². The highest BCUT2D eigenvalue weighted by Crippen LogP contribution is 2.36. The fraction of sp³-hybridized carbons (Fsp3) is 0.0909. The van der Waals surface area contributed by atoms with Crippen LogP contribution in [0.4, 0.5) is 37.7 Å². The summed E-state index contributed by atoms with van der Waals surface area (Å²) in [7, 11) is 0. The van der Waals surface area contributed by atoms with Crippen LogP contribution in [0, 0.1) is 0 Å². The van der Waals surface area contributed by atoms with Crippen LogP contribution < -0.4 is 10.6 Å². The number of halogens is 7. The Labute approximate surface area is 188 Å². The van der Waals surface area contributed by atoms with Crippen LogP contribution in [0.5, 0.6) is 0 Å². The van der Waals surface area contributed by atoms with Gasteiger partial charge in [0, 0.05) is 27.5 Å². The second-order valence-electron chi connectivity index (χ2n) is 6.79. The van der Waals surface area contributed by atoms with Gasteiger partial charge in [0.15, 0.2) is 0 Å². The zero-order valence-electron chi connectivity index (χ0n) is 16.3. The number of amides is 2. The van der Waals surface area contributed by atoms with E-state index in [2.05, 4.69) is 10.6 Å². The van der Waals surface area contributed by atoms with Gasteiger partial charge in [0.1, 0.15) is 0 Å². The summed E-state index contributed by atoms with van der Waals surface area (Å²) in [6.45, 7) is 0. The molecule has 0 aliphatic heterocycles. The number of hydrogen-bond acceptors (Lipinski definition) is 2. The highest BCUT2D eigenvalue weighted by Gasteiger charge is 2.37. The molecule has 0 bridgehead atoms. The molecule has 172 valence electrons. The van der Waals surface area contributed by atoms with Gasteiger partial charge in [-0.2, -0.15) is 26.3 Å². The van der Waals surface area contributed by atoms with Crippen LogP contribution in [0.15, 0.2) is 66.7 Å². The topological polar surface area (TPSA) is 58.2 Å². The lowest BCUT2D eigenvalue weighted by molar-refractivity contribution is -0.143. The molecule has 2 N–H and O–H groups in total. The van der Waals surface area contributed by atoms with E-state index in [1.807, 2.05) is 0 Å². The van der Waals surface area contributed by atoms with Crippen molar-refractivity contribution in [1.82, 2.24) is 0 Å². The molecule has 3 aromatic rings. The summed E-state index contributed by atoms with van der Waals surface area (Å²) in [6, 6.07) is 12.1. The summed E-state index contributed by atoms with van der Waals surface area (Å²) in [6.07, 6.45) is -10.1. The van der Waals surface area contributed by atoms with E-state index in [1.165, 1.54) is 24.3 Å². The van der Waals surface area contributed by atoms with E-state index < -0.39 is 40.9 Å². The van der Waals surface area contributed by atoms with Crippen molar-refractivity contribution in [3.05, 3.63) is 94.0 Å². The van der Waals surface area contributed by atoms with E-state index in [-0.39, 0.29) is 17.3 Å². The number of carbonyl (C=O) groups excluding carboxylic acids is 2. The standard InChI is InChI=1S/C22H13ClF6N2O2/c23-16-3-7-18(8-4-16)30-19(32)12-1-5-17(6-2-12)31-20(33)13-9-14(21(24,25)26)11-15(10-13)22(27,28)29/h1-11H,(H,30,32)(H,31,33). The molecule has 0 unspecified atom stereocenters. The lowest BCUT2D eigenvalue weighted by atomic mass is 10.0. The van der Waals surface area contributed by atoms with Gasteiger partial charge in [-0.15, -0.1) is 0 Å². The van der Waals surface area contributed by atoms with Gasteiger partial charge >= 0.3 is 12.4 Å². The van der Waals surface area contributed by atoms with Gasteiger partial charge < -0.3 is 10.6 Å². The molecule has 4 nitrogen and oxygen atoms in total. The lowest BCUT2D eigenvalue weighted by Gasteiger charge is -2.14. The van der Waals surface area contributed by atoms with E-state index in [4.69, 9.17) is 11.6 Å². The van der Waals surface area contributed by atoms with E-state index in [9.17, 15) is 35.9 Å². The van der Waals surface area contributed by atoms with Crippen molar-refractivity contribution in [3.63, 3.8) is 0 Å². The Morgan fingerprint density at radius 2 is 1.00 bits per heavy atom. The normalized spacial score (nSPS) is 11.7. The van der Waals surface area contributed by atoms with Gasteiger partial charge in [-0.1, -0.05) is 11.6 Å². The molecule has 2 amide bonds. The first-order valence-corrected chi connectivity index (χ1v) is 9.48. The van der Waals surface area contributed by atoms with Crippen molar-refractivity contribution >= 4 is 34.8 Å². The quantitative estimate of drug-likeness (QED) is 0.395. The fourth-order valence-electron chi connectivity index (χ4n) is 2.73. The number of carbonyl (C=O) groups is 2. The number of benzene rings is 3. The fourth-order valence-corrected chi connectivity index (χ4v) is 2.86. The molecule has 0 aliphatic rings. The number of anilines is 2. The Balaban J connectivity index is 1.76. The molecule has 0 spiro atoms. The maximum Gasteiger partial charge on any atom is 0.416 e. The number of nitrogens with one attached hydrogen (secondary N) is 2. The van der Waals surface area contributed by atoms with Crippen molar-refractivity contribution < 1.29 is 35.9 Å². The summed E-state index contributed by atoms with van der Waals surface area (Å²) in [5, 5.41) is 5.31. The molecule has 11 heteroatoms. The van der Waals surface area contributed by atoms with E-state index in [0.717, 1.165) is 0 Å². The first-order chi connectivity index (χ1) is 15.3. The molecule has 0 aliphatic carbocycles. The van der Waals surface area contributed by atoms with E-state index in [1.54, 1.807) is 24.3 Å². The highest BCUT2D eigenvalue weighted by atomic mass is 35.5. The van der Waals surface area contributed by atoms with Crippen LogP contribution >= 0.6 is 11.6 Å². The molecular weight excluding hydrogens is 474 g/mol. The molecule has 0 aromatic heterocycles. The predicted octanol–water partition coefficient (Wildman–Crippen LogP) is 6.88. The van der Waals surface area contributed by atoms with Crippen molar-refractivity contribution in [1.29, 1.82) is 0 Å². The van der Waals surface area contributed by atoms with Crippen molar-refractivity contribution in [2.75, 3.05) is 10.6 Å². The zero-order valence-corrected chi connectivity index (χ0v) is 17.1. The molecule has 0 heterocycles. The monoisotopic (exact) mass is 486 g/mol. The van der Waals surface area contributed by atoms with E-state index >= 15 is 0 Å². The molecule has 33 heavy (non-hydrogen) atoms. The number of rotatable bonds is 4. The van der Waals surface area contributed by atoms with Gasteiger partial charge in [-0.05, 0) is 66.7 Å². The molecule has 0 saturated carbocycles. The second-order valence-corrected chi connectivity index (χ2v) is 7.22. The smallest absolute Gasteiger partial charge is 0.322 e. The summed E-state index contributed by atoms with van der Waals surface area (Å²) in [5.74, 6) is -1.66. The largest absolute Gasteiger partial charge is 0.416 e. The van der Waals surface area contributed by atoms with Crippen LogP contribution in [-0.2, 0) is 12.4 Å². The third kappa shape index (κ3) is 6.26. The van der Waals surface area contributed by atoms with Crippen LogP contribution in [0.25, 0.3) is 0 Å². The molecule has 3 aromatic carbocycles. The Morgan fingerprint density at radius 3 is 1.42 bits per heavy atom. The molecule has 3 rings (SSSR count). The summed E-state index contributed by atoms with van der Waals surface area (Å²) in [4.78, 5) is 24.6. The zero-order chi connectivity index (χ0) is 24.4.